The average molecular weight is 322 g/mol. The maximum Gasteiger partial charge on any atom is 0.269 e. The number of nitrogens with one attached hydrogen (secondary N) is 2. The summed E-state index contributed by atoms with van der Waals surface area (Å²) in [6.07, 6.45) is 0. The Morgan fingerprint density at radius 2 is 1.68 bits per heavy atom. The highest BCUT2D eigenvalue weighted by molar-refractivity contribution is 5.92. The lowest BCUT2D eigenvalue weighted by atomic mass is 10.2. The number of benzene rings is 2. The number of hydrogen-bond acceptors (Lipinski definition) is 4. The molecule has 2 aromatic rings. The van der Waals surface area contributed by atoms with Crippen molar-refractivity contribution < 1.29 is 9.72 Å². The number of anilines is 1. The number of nitro groups is 1. The fourth-order valence-electron chi connectivity index (χ4n) is 1.79. The Balaban J connectivity index is 0.00000242. The van der Waals surface area contributed by atoms with Gasteiger partial charge < -0.3 is 10.6 Å². The highest BCUT2D eigenvalue weighted by Crippen LogP contribution is 2.15. The summed E-state index contributed by atoms with van der Waals surface area (Å²) in [6, 6.07) is 15.5. The van der Waals surface area contributed by atoms with Gasteiger partial charge in [0.05, 0.1) is 11.5 Å². The molecule has 0 aromatic heterocycles. The van der Waals surface area contributed by atoms with Crippen LogP contribution >= 0.6 is 12.4 Å². The number of carbonyl (C=O) groups is 1. The molecule has 2 rings (SSSR count). The quantitative estimate of drug-likeness (QED) is 0.633. The van der Waals surface area contributed by atoms with Gasteiger partial charge in [0.25, 0.3) is 5.69 Å². The zero-order chi connectivity index (χ0) is 15.1. The van der Waals surface area contributed by atoms with Crippen LogP contribution < -0.4 is 10.6 Å². The lowest BCUT2D eigenvalue weighted by molar-refractivity contribution is -0.384. The van der Waals surface area contributed by atoms with Crippen LogP contribution in [0, 0.1) is 10.1 Å². The normalized spacial score (nSPS) is 9.64. The van der Waals surface area contributed by atoms with Crippen molar-refractivity contribution in [3.05, 3.63) is 70.3 Å². The van der Waals surface area contributed by atoms with Gasteiger partial charge in [-0.05, 0) is 17.7 Å². The zero-order valence-electron chi connectivity index (χ0n) is 11.7. The maximum atomic E-state index is 11.7. The minimum Gasteiger partial charge on any atom is -0.325 e. The monoisotopic (exact) mass is 321 g/mol. The van der Waals surface area contributed by atoms with Crippen molar-refractivity contribution in [3.8, 4) is 0 Å². The molecular formula is C15H16ClN3O3. The Bertz CT molecular complexity index is 618. The molecule has 0 aliphatic rings. The van der Waals surface area contributed by atoms with E-state index in [1.54, 1.807) is 0 Å². The smallest absolute Gasteiger partial charge is 0.269 e. The van der Waals surface area contributed by atoms with E-state index in [2.05, 4.69) is 10.6 Å². The third kappa shape index (κ3) is 5.51. The number of carbonyl (C=O) groups excluding carboxylic acids is 1. The molecule has 0 fully saturated rings. The molecule has 22 heavy (non-hydrogen) atoms. The molecule has 0 unspecified atom stereocenters. The van der Waals surface area contributed by atoms with E-state index in [0.29, 0.717) is 12.2 Å². The van der Waals surface area contributed by atoms with Crippen molar-refractivity contribution in [2.24, 2.45) is 0 Å². The van der Waals surface area contributed by atoms with E-state index in [1.165, 1.54) is 24.3 Å². The predicted molar refractivity (Wildman–Crippen MR) is 87.1 cm³/mol. The average Bonchev–Trinajstić information content (AvgIpc) is 2.49. The second kappa shape index (κ2) is 8.76. The highest BCUT2D eigenvalue weighted by Gasteiger charge is 2.06. The van der Waals surface area contributed by atoms with Crippen LogP contribution in [-0.4, -0.2) is 17.4 Å². The molecule has 0 aliphatic heterocycles. The molecule has 7 heteroatoms. The van der Waals surface area contributed by atoms with Gasteiger partial charge in [0.15, 0.2) is 0 Å². The number of rotatable bonds is 6. The second-order valence-corrected chi connectivity index (χ2v) is 4.44. The first kappa shape index (κ1) is 17.6. The first-order chi connectivity index (χ1) is 10.1. The Labute approximate surface area is 134 Å². The van der Waals surface area contributed by atoms with Gasteiger partial charge in [-0.3, -0.25) is 14.9 Å². The molecule has 0 heterocycles. The van der Waals surface area contributed by atoms with Gasteiger partial charge in [-0.15, -0.1) is 12.4 Å². The molecule has 0 spiro atoms. The van der Waals surface area contributed by atoms with Crippen LogP contribution in [0.5, 0.6) is 0 Å². The summed E-state index contributed by atoms with van der Waals surface area (Å²) >= 11 is 0. The van der Waals surface area contributed by atoms with Crippen LogP contribution in [0.3, 0.4) is 0 Å². The van der Waals surface area contributed by atoms with Crippen LogP contribution in [-0.2, 0) is 11.3 Å². The molecule has 0 radical (unpaired) electrons. The van der Waals surface area contributed by atoms with Gasteiger partial charge in [0, 0.05) is 24.4 Å². The lowest BCUT2D eigenvalue weighted by Gasteiger charge is -2.06. The van der Waals surface area contributed by atoms with Gasteiger partial charge in [-0.25, -0.2) is 0 Å². The molecule has 2 aromatic carbocycles. The summed E-state index contributed by atoms with van der Waals surface area (Å²) in [5, 5.41) is 16.2. The molecule has 0 saturated heterocycles. The fourth-order valence-corrected chi connectivity index (χ4v) is 1.79. The van der Waals surface area contributed by atoms with Gasteiger partial charge in [0.2, 0.25) is 5.91 Å². The standard InChI is InChI=1S/C15H15N3O3.ClH/c19-15(11-16-10-12-4-2-1-3-5-12)17-13-6-8-14(9-7-13)18(20)21;/h1-9,16H,10-11H2,(H,17,19);1H. The number of hydrogen-bond donors (Lipinski definition) is 2. The number of nitrogens with zero attached hydrogens (tertiary/aromatic N) is 1. The van der Waals surface area contributed by atoms with Gasteiger partial charge in [0.1, 0.15) is 0 Å². The van der Waals surface area contributed by atoms with Crippen molar-refractivity contribution >= 4 is 29.7 Å². The third-order valence-electron chi connectivity index (χ3n) is 2.82. The van der Waals surface area contributed by atoms with Crippen LogP contribution in [0.1, 0.15) is 5.56 Å². The summed E-state index contributed by atoms with van der Waals surface area (Å²) in [5.41, 5.74) is 1.63. The van der Waals surface area contributed by atoms with Gasteiger partial charge in [-0.2, -0.15) is 0 Å². The second-order valence-electron chi connectivity index (χ2n) is 4.44. The number of halogens is 1. The van der Waals surface area contributed by atoms with Crippen molar-refractivity contribution in [2.75, 3.05) is 11.9 Å². The fraction of sp³-hybridized carbons (Fsp3) is 0.133. The Morgan fingerprint density at radius 1 is 1.05 bits per heavy atom. The van der Waals surface area contributed by atoms with E-state index < -0.39 is 4.92 Å². The molecule has 116 valence electrons. The molecule has 2 N–H and O–H groups in total. The minimum absolute atomic E-state index is 0. The van der Waals surface area contributed by atoms with Gasteiger partial charge >= 0.3 is 0 Å². The van der Waals surface area contributed by atoms with E-state index in [0.717, 1.165) is 5.56 Å². The van der Waals surface area contributed by atoms with Crippen molar-refractivity contribution in [3.63, 3.8) is 0 Å². The SMILES string of the molecule is Cl.O=C(CNCc1ccccc1)Nc1ccc([N+](=O)[O-])cc1. The molecule has 0 atom stereocenters. The number of non-ortho nitro benzene ring substituents is 1. The summed E-state index contributed by atoms with van der Waals surface area (Å²) < 4.78 is 0. The van der Waals surface area contributed by atoms with E-state index in [-0.39, 0.29) is 30.5 Å². The lowest BCUT2D eigenvalue weighted by Crippen LogP contribution is -2.27. The van der Waals surface area contributed by atoms with Crippen LogP contribution in [0.4, 0.5) is 11.4 Å². The van der Waals surface area contributed by atoms with E-state index >= 15 is 0 Å². The summed E-state index contributed by atoms with van der Waals surface area (Å²) in [7, 11) is 0. The first-order valence-corrected chi connectivity index (χ1v) is 6.44. The van der Waals surface area contributed by atoms with Crippen LogP contribution in [0.2, 0.25) is 0 Å². The van der Waals surface area contributed by atoms with E-state index in [9.17, 15) is 14.9 Å². The Kier molecular flexibility index (Phi) is 7.01. The molecule has 0 bridgehead atoms. The molecule has 0 aliphatic carbocycles. The Hall–Kier alpha value is -2.44. The zero-order valence-corrected chi connectivity index (χ0v) is 12.5. The third-order valence-corrected chi connectivity index (χ3v) is 2.82. The minimum atomic E-state index is -0.479. The summed E-state index contributed by atoms with van der Waals surface area (Å²) in [4.78, 5) is 21.8. The largest absolute Gasteiger partial charge is 0.325 e. The van der Waals surface area contributed by atoms with Crippen molar-refractivity contribution in [1.82, 2.24) is 5.32 Å². The summed E-state index contributed by atoms with van der Waals surface area (Å²) in [5.74, 6) is -0.195. The Morgan fingerprint density at radius 3 is 2.27 bits per heavy atom. The van der Waals surface area contributed by atoms with Crippen molar-refractivity contribution in [1.29, 1.82) is 0 Å². The number of nitro benzene ring substituents is 1. The summed E-state index contributed by atoms with van der Waals surface area (Å²) in [6.45, 7) is 0.778. The molecular weight excluding hydrogens is 306 g/mol. The molecule has 6 nitrogen and oxygen atoms in total. The van der Waals surface area contributed by atoms with E-state index in [1.807, 2.05) is 30.3 Å². The molecule has 1 amide bonds. The molecule has 0 saturated carbocycles. The predicted octanol–water partition coefficient (Wildman–Crippen LogP) is 2.74. The van der Waals surface area contributed by atoms with Crippen LogP contribution in [0.25, 0.3) is 0 Å². The van der Waals surface area contributed by atoms with E-state index in [4.69, 9.17) is 0 Å². The highest BCUT2D eigenvalue weighted by atomic mass is 35.5. The maximum absolute atomic E-state index is 11.7. The van der Waals surface area contributed by atoms with Crippen LogP contribution in [0.15, 0.2) is 54.6 Å². The van der Waals surface area contributed by atoms with Gasteiger partial charge in [-0.1, -0.05) is 30.3 Å². The van der Waals surface area contributed by atoms with Crippen molar-refractivity contribution in [2.45, 2.75) is 6.54 Å². The first-order valence-electron chi connectivity index (χ1n) is 6.44. The topological polar surface area (TPSA) is 84.3 Å². The number of amides is 1.